The lowest BCUT2D eigenvalue weighted by Crippen LogP contribution is -2.04. The van der Waals surface area contributed by atoms with Gasteiger partial charge in [-0.1, -0.05) is 0 Å². The summed E-state index contributed by atoms with van der Waals surface area (Å²) in [6.45, 7) is 0. The molecule has 0 amide bonds. The lowest BCUT2D eigenvalue weighted by molar-refractivity contribution is 0.315. The zero-order valence-corrected chi connectivity index (χ0v) is 6.89. The standard InChI is InChI=1S/C8H4N4O2/c13-8-3-9-4-1-6-7(12-14-11-6)2-5(4)10-8/h1-3H,(H,10,13). The summed E-state index contributed by atoms with van der Waals surface area (Å²) in [5.74, 6) is 0. The number of H-pyrrole nitrogens is 1. The van der Waals surface area contributed by atoms with Crippen molar-refractivity contribution < 1.29 is 4.63 Å². The van der Waals surface area contributed by atoms with Crippen LogP contribution in [0.15, 0.2) is 27.8 Å². The van der Waals surface area contributed by atoms with Crippen LogP contribution in [0, 0.1) is 0 Å². The van der Waals surface area contributed by atoms with Crippen molar-refractivity contribution in [1.29, 1.82) is 0 Å². The molecule has 68 valence electrons. The molecule has 3 rings (SSSR count). The van der Waals surface area contributed by atoms with Gasteiger partial charge < -0.3 is 4.98 Å². The van der Waals surface area contributed by atoms with Crippen LogP contribution < -0.4 is 5.56 Å². The van der Waals surface area contributed by atoms with Gasteiger partial charge in [0.05, 0.1) is 17.2 Å². The van der Waals surface area contributed by atoms with Crippen LogP contribution in [0.1, 0.15) is 0 Å². The normalized spacial score (nSPS) is 11.1. The summed E-state index contributed by atoms with van der Waals surface area (Å²) in [4.78, 5) is 17.6. The van der Waals surface area contributed by atoms with Crippen LogP contribution in [-0.2, 0) is 0 Å². The van der Waals surface area contributed by atoms with E-state index in [-0.39, 0.29) is 5.56 Å². The van der Waals surface area contributed by atoms with Gasteiger partial charge in [-0.3, -0.25) is 4.79 Å². The number of fused-ring (bicyclic) bond motifs is 2. The number of benzene rings is 1. The largest absolute Gasteiger partial charge is 0.319 e. The van der Waals surface area contributed by atoms with E-state index >= 15 is 0 Å². The first-order chi connectivity index (χ1) is 6.83. The Morgan fingerprint density at radius 2 is 1.93 bits per heavy atom. The van der Waals surface area contributed by atoms with Crippen molar-refractivity contribution in [1.82, 2.24) is 20.3 Å². The molecule has 0 fully saturated rings. The highest BCUT2D eigenvalue weighted by molar-refractivity contribution is 5.89. The van der Waals surface area contributed by atoms with Crippen LogP contribution in [-0.4, -0.2) is 20.3 Å². The SMILES string of the molecule is O=c1cnc2cc3nonc3cc2[nH]1. The van der Waals surface area contributed by atoms with Crippen molar-refractivity contribution in [3.63, 3.8) is 0 Å². The zero-order valence-electron chi connectivity index (χ0n) is 6.89. The van der Waals surface area contributed by atoms with Crippen LogP contribution in [0.2, 0.25) is 0 Å². The second-order valence-electron chi connectivity index (χ2n) is 2.87. The number of aromatic nitrogens is 4. The van der Waals surface area contributed by atoms with Crippen molar-refractivity contribution in [2.24, 2.45) is 0 Å². The van der Waals surface area contributed by atoms with Crippen molar-refractivity contribution in [3.8, 4) is 0 Å². The molecule has 2 aromatic heterocycles. The molecule has 0 unspecified atom stereocenters. The summed E-state index contributed by atoms with van der Waals surface area (Å²) in [6.07, 6.45) is 1.22. The molecule has 0 bridgehead atoms. The fraction of sp³-hybridized carbons (Fsp3) is 0. The second-order valence-corrected chi connectivity index (χ2v) is 2.87. The molecule has 0 radical (unpaired) electrons. The minimum atomic E-state index is -0.242. The van der Waals surface area contributed by atoms with Crippen molar-refractivity contribution in [2.45, 2.75) is 0 Å². The van der Waals surface area contributed by atoms with Crippen LogP contribution >= 0.6 is 0 Å². The smallest absolute Gasteiger partial charge is 0.266 e. The van der Waals surface area contributed by atoms with E-state index in [0.29, 0.717) is 22.1 Å². The minimum absolute atomic E-state index is 0.242. The van der Waals surface area contributed by atoms with E-state index in [1.165, 1.54) is 6.20 Å². The Kier molecular flexibility index (Phi) is 1.22. The highest BCUT2D eigenvalue weighted by Crippen LogP contribution is 2.15. The molecule has 6 nitrogen and oxygen atoms in total. The van der Waals surface area contributed by atoms with Crippen molar-refractivity contribution in [2.75, 3.05) is 0 Å². The molecule has 2 heterocycles. The molecule has 0 aliphatic heterocycles. The molecule has 0 saturated carbocycles. The van der Waals surface area contributed by atoms with E-state index in [1.54, 1.807) is 12.1 Å². The zero-order chi connectivity index (χ0) is 9.54. The monoisotopic (exact) mass is 188 g/mol. The van der Waals surface area contributed by atoms with E-state index < -0.39 is 0 Å². The van der Waals surface area contributed by atoms with Gasteiger partial charge in [-0.05, 0) is 22.4 Å². The first-order valence-electron chi connectivity index (χ1n) is 3.94. The Morgan fingerprint density at radius 1 is 1.14 bits per heavy atom. The minimum Gasteiger partial charge on any atom is -0.319 e. The Labute approximate surface area is 76.5 Å². The maximum absolute atomic E-state index is 11.0. The van der Waals surface area contributed by atoms with Gasteiger partial charge in [0, 0.05) is 0 Å². The molecular formula is C8H4N4O2. The maximum Gasteiger partial charge on any atom is 0.266 e. The third kappa shape index (κ3) is 0.905. The van der Waals surface area contributed by atoms with E-state index in [1.807, 2.05) is 0 Å². The highest BCUT2D eigenvalue weighted by Gasteiger charge is 2.03. The lowest BCUT2D eigenvalue weighted by atomic mass is 10.2. The highest BCUT2D eigenvalue weighted by atomic mass is 16.6. The fourth-order valence-corrected chi connectivity index (χ4v) is 1.32. The Hall–Kier alpha value is -2.24. The van der Waals surface area contributed by atoms with E-state index in [2.05, 4.69) is 24.9 Å². The average Bonchev–Trinajstić information content (AvgIpc) is 2.61. The number of aromatic amines is 1. The number of nitrogens with zero attached hydrogens (tertiary/aromatic N) is 3. The van der Waals surface area contributed by atoms with Crippen LogP contribution in [0.25, 0.3) is 22.1 Å². The van der Waals surface area contributed by atoms with Gasteiger partial charge in [0.2, 0.25) is 0 Å². The predicted molar refractivity (Wildman–Crippen MR) is 47.7 cm³/mol. The number of rotatable bonds is 0. The van der Waals surface area contributed by atoms with Gasteiger partial charge in [-0.25, -0.2) is 9.61 Å². The summed E-state index contributed by atoms with van der Waals surface area (Å²) in [7, 11) is 0. The molecule has 0 saturated heterocycles. The number of hydrogen-bond acceptors (Lipinski definition) is 5. The molecular weight excluding hydrogens is 184 g/mol. The molecule has 6 heteroatoms. The summed E-state index contributed by atoms with van der Waals surface area (Å²) in [6, 6.07) is 3.38. The quantitative estimate of drug-likeness (QED) is 0.553. The Balaban J connectivity index is 2.56. The van der Waals surface area contributed by atoms with Gasteiger partial charge in [0.25, 0.3) is 5.56 Å². The van der Waals surface area contributed by atoms with Gasteiger partial charge >= 0.3 is 0 Å². The molecule has 14 heavy (non-hydrogen) atoms. The fourth-order valence-electron chi connectivity index (χ4n) is 1.32. The maximum atomic E-state index is 11.0. The van der Waals surface area contributed by atoms with Crippen LogP contribution in [0.5, 0.6) is 0 Å². The van der Waals surface area contributed by atoms with Crippen molar-refractivity contribution in [3.05, 3.63) is 28.7 Å². The van der Waals surface area contributed by atoms with Gasteiger partial charge in [0.15, 0.2) is 0 Å². The molecule has 3 aromatic rings. The van der Waals surface area contributed by atoms with E-state index in [0.717, 1.165) is 0 Å². The summed E-state index contributed by atoms with van der Waals surface area (Å²) in [5.41, 5.74) is 2.26. The van der Waals surface area contributed by atoms with E-state index in [9.17, 15) is 4.79 Å². The topological polar surface area (TPSA) is 84.7 Å². The van der Waals surface area contributed by atoms with Gasteiger partial charge in [-0.2, -0.15) is 0 Å². The number of hydrogen-bond donors (Lipinski definition) is 1. The third-order valence-corrected chi connectivity index (χ3v) is 1.95. The molecule has 0 aliphatic carbocycles. The van der Waals surface area contributed by atoms with Gasteiger partial charge in [0.1, 0.15) is 11.0 Å². The third-order valence-electron chi connectivity index (χ3n) is 1.95. The Morgan fingerprint density at radius 3 is 2.79 bits per heavy atom. The summed E-state index contributed by atoms with van der Waals surface area (Å²) in [5, 5.41) is 7.34. The first-order valence-corrected chi connectivity index (χ1v) is 3.94. The molecule has 0 aliphatic rings. The second kappa shape index (κ2) is 2.38. The molecule has 0 spiro atoms. The van der Waals surface area contributed by atoms with E-state index in [4.69, 9.17) is 0 Å². The molecule has 1 N–H and O–H groups in total. The number of nitrogens with one attached hydrogen (secondary N) is 1. The van der Waals surface area contributed by atoms with Crippen molar-refractivity contribution >= 4 is 22.1 Å². The predicted octanol–water partition coefficient (Wildman–Crippen LogP) is 0.459. The van der Waals surface area contributed by atoms with Crippen LogP contribution in [0.4, 0.5) is 0 Å². The van der Waals surface area contributed by atoms with Crippen LogP contribution in [0.3, 0.4) is 0 Å². The molecule has 1 aromatic carbocycles. The lowest BCUT2D eigenvalue weighted by Gasteiger charge is -1.93. The summed E-state index contributed by atoms with van der Waals surface area (Å²) >= 11 is 0. The average molecular weight is 188 g/mol. The summed E-state index contributed by atoms with van der Waals surface area (Å²) < 4.78 is 4.55. The van der Waals surface area contributed by atoms with Gasteiger partial charge in [-0.15, -0.1) is 0 Å². The first kappa shape index (κ1) is 7.19. The molecule has 0 atom stereocenters. The Bertz CT molecular complexity index is 669.